The molecule has 20 heavy (non-hydrogen) atoms. The van der Waals surface area contributed by atoms with Crippen LogP contribution in [0.15, 0.2) is 12.1 Å². The Balaban J connectivity index is 2.35. The number of aldehydes is 1. The number of esters is 1. The first kappa shape index (κ1) is 14.5. The second-order valence-corrected chi connectivity index (χ2v) is 5.17. The molecule has 0 atom stereocenters. The lowest BCUT2D eigenvalue weighted by molar-refractivity contribution is 0.0598. The van der Waals surface area contributed by atoms with Crippen LogP contribution in [0.1, 0.15) is 40.5 Å². The molecule has 0 spiro atoms. The molecule has 0 bridgehead atoms. The summed E-state index contributed by atoms with van der Waals surface area (Å²) >= 11 is 0. The van der Waals surface area contributed by atoms with Gasteiger partial charge in [-0.05, 0) is 30.9 Å². The van der Waals surface area contributed by atoms with Crippen molar-refractivity contribution in [3.63, 3.8) is 0 Å². The van der Waals surface area contributed by atoms with E-state index in [9.17, 15) is 14.0 Å². The van der Waals surface area contributed by atoms with E-state index in [2.05, 4.69) is 11.7 Å². The summed E-state index contributed by atoms with van der Waals surface area (Å²) in [6, 6.07) is 2.52. The molecule has 2 rings (SSSR count). The zero-order valence-electron chi connectivity index (χ0n) is 11.7. The van der Waals surface area contributed by atoms with Crippen molar-refractivity contribution < 1.29 is 18.7 Å². The summed E-state index contributed by atoms with van der Waals surface area (Å²) < 4.78 is 18.7. The maximum Gasteiger partial charge on any atom is 0.338 e. The van der Waals surface area contributed by atoms with Crippen molar-refractivity contribution in [2.24, 2.45) is 5.92 Å². The van der Waals surface area contributed by atoms with E-state index in [4.69, 9.17) is 0 Å². The topological polar surface area (TPSA) is 46.6 Å². The monoisotopic (exact) mass is 279 g/mol. The minimum absolute atomic E-state index is 0.0332. The van der Waals surface area contributed by atoms with Crippen LogP contribution < -0.4 is 4.90 Å². The van der Waals surface area contributed by atoms with Crippen LogP contribution in [0.2, 0.25) is 0 Å². The molecule has 0 aliphatic carbocycles. The number of benzene rings is 1. The second-order valence-electron chi connectivity index (χ2n) is 5.17. The first-order chi connectivity index (χ1) is 9.56. The van der Waals surface area contributed by atoms with E-state index in [0.29, 0.717) is 17.9 Å². The Kier molecular flexibility index (Phi) is 4.37. The number of halogens is 1. The Hall–Kier alpha value is -1.91. The molecule has 0 radical (unpaired) electrons. The van der Waals surface area contributed by atoms with Gasteiger partial charge in [0.1, 0.15) is 5.82 Å². The lowest BCUT2D eigenvalue weighted by atomic mass is 9.98. The number of nitrogens with zero attached hydrogens (tertiary/aromatic N) is 1. The summed E-state index contributed by atoms with van der Waals surface area (Å²) in [6.07, 6.45) is 2.55. The highest BCUT2D eigenvalue weighted by atomic mass is 19.1. The van der Waals surface area contributed by atoms with Crippen molar-refractivity contribution in [3.8, 4) is 0 Å². The van der Waals surface area contributed by atoms with E-state index < -0.39 is 11.8 Å². The molecule has 1 aliphatic heterocycles. The number of piperidine rings is 1. The lowest BCUT2D eigenvalue weighted by Crippen LogP contribution is -2.33. The fraction of sp³-hybridized carbons (Fsp3) is 0.467. The van der Waals surface area contributed by atoms with E-state index in [0.717, 1.165) is 32.0 Å². The van der Waals surface area contributed by atoms with Crippen LogP contribution in [0, 0.1) is 11.7 Å². The third kappa shape index (κ3) is 2.81. The van der Waals surface area contributed by atoms with Crippen molar-refractivity contribution in [1.29, 1.82) is 0 Å². The van der Waals surface area contributed by atoms with Crippen molar-refractivity contribution in [3.05, 3.63) is 29.1 Å². The number of rotatable bonds is 3. The summed E-state index contributed by atoms with van der Waals surface area (Å²) in [7, 11) is 1.20. The Morgan fingerprint density at radius 1 is 1.40 bits per heavy atom. The maximum atomic E-state index is 14.2. The third-order valence-electron chi connectivity index (χ3n) is 3.78. The van der Waals surface area contributed by atoms with E-state index in [1.807, 2.05) is 4.90 Å². The van der Waals surface area contributed by atoms with Crippen LogP contribution in [0.3, 0.4) is 0 Å². The normalized spacial score (nSPS) is 16.1. The molecule has 1 aromatic carbocycles. The van der Waals surface area contributed by atoms with Crippen LogP contribution in [-0.4, -0.2) is 32.5 Å². The van der Waals surface area contributed by atoms with Gasteiger partial charge in [0.15, 0.2) is 6.29 Å². The predicted octanol–water partition coefficient (Wildman–Crippen LogP) is 2.66. The van der Waals surface area contributed by atoms with Crippen molar-refractivity contribution in [1.82, 2.24) is 0 Å². The number of ether oxygens (including phenoxy) is 1. The van der Waals surface area contributed by atoms with Gasteiger partial charge >= 0.3 is 5.97 Å². The molecule has 1 aromatic rings. The van der Waals surface area contributed by atoms with Crippen molar-refractivity contribution in [2.45, 2.75) is 19.8 Å². The van der Waals surface area contributed by atoms with Gasteiger partial charge in [-0.2, -0.15) is 0 Å². The Morgan fingerprint density at radius 3 is 2.60 bits per heavy atom. The fourth-order valence-electron chi connectivity index (χ4n) is 2.45. The molecule has 0 saturated carbocycles. The van der Waals surface area contributed by atoms with Crippen LogP contribution in [0.4, 0.5) is 10.1 Å². The highest BCUT2D eigenvalue weighted by Crippen LogP contribution is 2.28. The molecular formula is C15H18FNO3. The van der Waals surface area contributed by atoms with Gasteiger partial charge in [-0.25, -0.2) is 9.18 Å². The standard InChI is InChI=1S/C15H18FNO3/c1-10-3-5-17(6-4-10)14-7-11(9-18)12(8-13(14)16)15(19)20-2/h7-10H,3-6H2,1-2H3. The molecule has 0 amide bonds. The molecular weight excluding hydrogens is 261 g/mol. The van der Waals surface area contributed by atoms with Gasteiger partial charge in [0.25, 0.3) is 0 Å². The Labute approximate surface area is 117 Å². The molecule has 0 unspecified atom stereocenters. The minimum Gasteiger partial charge on any atom is -0.465 e. The minimum atomic E-state index is -0.704. The molecule has 1 saturated heterocycles. The summed E-state index contributed by atoms with van der Waals surface area (Å²) in [5, 5.41) is 0. The zero-order valence-corrected chi connectivity index (χ0v) is 11.7. The summed E-state index contributed by atoms with van der Waals surface area (Å²) in [6.45, 7) is 3.69. The summed E-state index contributed by atoms with van der Waals surface area (Å²) in [4.78, 5) is 24.5. The number of anilines is 1. The van der Waals surface area contributed by atoms with E-state index in [1.165, 1.54) is 13.2 Å². The largest absolute Gasteiger partial charge is 0.465 e. The summed E-state index contributed by atoms with van der Waals surface area (Å²) in [5.41, 5.74) is 0.507. The van der Waals surface area contributed by atoms with Crippen LogP contribution in [0.25, 0.3) is 0 Å². The third-order valence-corrected chi connectivity index (χ3v) is 3.78. The van der Waals surface area contributed by atoms with Gasteiger partial charge in [-0.3, -0.25) is 4.79 Å². The lowest BCUT2D eigenvalue weighted by Gasteiger charge is -2.32. The molecule has 0 N–H and O–H groups in total. The molecule has 5 heteroatoms. The molecule has 1 fully saturated rings. The Morgan fingerprint density at radius 2 is 2.05 bits per heavy atom. The molecule has 1 heterocycles. The van der Waals surface area contributed by atoms with Crippen LogP contribution in [0.5, 0.6) is 0 Å². The first-order valence-corrected chi connectivity index (χ1v) is 6.68. The highest BCUT2D eigenvalue weighted by molar-refractivity contribution is 5.99. The average molecular weight is 279 g/mol. The van der Waals surface area contributed by atoms with Gasteiger partial charge < -0.3 is 9.64 Å². The van der Waals surface area contributed by atoms with E-state index >= 15 is 0 Å². The Bertz CT molecular complexity index is 522. The van der Waals surface area contributed by atoms with E-state index in [-0.39, 0.29) is 11.1 Å². The van der Waals surface area contributed by atoms with Crippen LogP contribution >= 0.6 is 0 Å². The van der Waals surface area contributed by atoms with Gasteiger partial charge in [-0.15, -0.1) is 0 Å². The molecule has 0 aromatic heterocycles. The number of methoxy groups -OCH3 is 1. The van der Waals surface area contributed by atoms with Gasteiger partial charge in [0.05, 0.1) is 18.4 Å². The quantitative estimate of drug-likeness (QED) is 0.630. The smallest absolute Gasteiger partial charge is 0.338 e. The second kappa shape index (κ2) is 6.03. The molecule has 108 valence electrons. The maximum absolute atomic E-state index is 14.2. The van der Waals surface area contributed by atoms with E-state index in [1.54, 1.807) is 0 Å². The molecule has 1 aliphatic rings. The van der Waals surface area contributed by atoms with Crippen LogP contribution in [-0.2, 0) is 4.74 Å². The SMILES string of the molecule is COC(=O)c1cc(F)c(N2CCC(C)CC2)cc1C=O. The highest BCUT2D eigenvalue weighted by Gasteiger charge is 2.22. The van der Waals surface area contributed by atoms with Crippen molar-refractivity contribution in [2.75, 3.05) is 25.1 Å². The molecule has 4 nitrogen and oxygen atoms in total. The first-order valence-electron chi connectivity index (χ1n) is 6.68. The van der Waals surface area contributed by atoms with Gasteiger partial charge in [0.2, 0.25) is 0 Å². The number of carbonyl (C=O) groups is 2. The fourth-order valence-corrected chi connectivity index (χ4v) is 2.45. The summed E-state index contributed by atoms with van der Waals surface area (Å²) in [5.74, 6) is -0.565. The van der Waals surface area contributed by atoms with Gasteiger partial charge in [0, 0.05) is 18.7 Å². The number of carbonyl (C=O) groups excluding carboxylic acids is 2. The number of hydrogen-bond acceptors (Lipinski definition) is 4. The zero-order chi connectivity index (χ0) is 14.7. The predicted molar refractivity (Wildman–Crippen MR) is 73.7 cm³/mol. The van der Waals surface area contributed by atoms with Gasteiger partial charge in [-0.1, -0.05) is 6.92 Å². The van der Waals surface area contributed by atoms with Crippen molar-refractivity contribution >= 4 is 17.9 Å². The number of hydrogen-bond donors (Lipinski definition) is 0. The average Bonchev–Trinajstić information content (AvgIpc) is 2.47.